The molecule has 0 saturated carbocycles. The zero-order valence-corrected chi connectivity index (χ0v) is 10.9. The van der Waals surface area contributed by atoms with E-state index in [9.17, 15) is 13.2 Å². The number of sulfone groups is 1. The van der Waals surface area contributed by atoms with E-state index in [1.807, 2.05) is 0 Å². The molecule has 0 saturated heterocycles. The Hall–Kier alpha value is -1.69. The lowest BCUT2D eigenvalue weighted by Crippen LogP contribution is -2.14. The summed E-state index contributed by atoms with van der Waals surface area (Å²) < 4.78 is 24.7. The van der Waals surface area contributed by atoms with Crippen molar-refractivity contribution in [2.24, 2.45) is 0 Å². The molecular weight excluding hydrogens is 252 g/mol. The van der Waals surface area contributed by atoms with Crippen LogP contribution in [0, 0.1) is 0 Å². The van der Waals surface area contributed by atoms with E-state index >= 15 is 0 Å². The molecule has 0 aliphatic rings. The van der Waals surface area contributed by atoms with E-state index < -0.39 is 9.84 Å². The standard InChI is InChI=1S/C12H14N2O3S/c1-2-18(16,17)7-6-14-8-10(9-15)11-4-3-5-13-12(11)14/h3-5,8-9H,2,6-7H2,1H3. The van der Waals surface area contributed by atoms with Crippen molar-refractivity contribution >= 4 is 27.2 Å². The van der Waals surface area contributed by atoms with Gasteiger partial charge >= 0.3 is 0 Å². The highest BCUT2D eigenvalue weighted by molar-refractivity contribution is 7.91. The Kier molecular flexibility index (Phi) is 3.47. The van der Waals surface area contributed by atoms with Crippen LogP contribution in [0.1, 0.15) is 17.3 Å². The number of pyridine rings is 1. The zero-order chi connectivity index (χ0) is 13.2. The molecule has 2 rings (SSSR count). The predicted octanol–water partition coefficient (Wildman–Crippen LogP) is 1.28. The Bertz CT molecular complexity index is 674. The van der Waals surface area contributed by atoms with E-state index in [0.717, 1.165) is 11.7 Å². The molecular formula is C12H14N2O3S. The van der Waals surface area contributed by atoms with Gasteiger partial charge in [-0.1, -0.05) is 6.92 Å². The normalized spacial score (nSPS) is 11.8. The van der Waals surface area contributed by atoms with E-state index in [0.29, 0.717) is 17.8 Å². The van der Waals surface area contributed by atoms with Gasteiger partial charge in [0.15, 0.2) is 16.1 Å². The molecule has 18 heavy (non-hydrogen) atoms. The van der Waals surface area contributed by atoms with Crippen molar-refractivity contribution in [2.45, 2.75) is 13.5 Å². The van der Waals surface area contributed by atoms with E-state index in [4.69, 9.17) is 0 Å². The van der Waals surface area contributed by atoms with E-state index in [1.165, 1.54) is 0 Å². The smallest absolute Gasteiger partial charge is 0.152 e. The minimum absolute atomic E-state index is 0.0577. The largest absolute Gasteiger partial charge is 0.331 e. The van der Waals surface area contributed by atoms with Crippen LogP contribution in [-0.4, -0.2) is 35.8 Å². The number of hydrogen-bond donors (Lipinski definition) is 0. The van der Waals surface area contributed by atoms with Gasteiger partial charge in [-0.2, -0.15) is 0 Å². The monoisotopic (exact) mass is 266 g/mol. The van der Waals surface area contributed by atoms with Crippen LogP contribution in [-0.2, 0) is 16.4 Å². The zero-order valence-electron chi connectivity index (χ0n) is 10.0. The topological polar surface area (TPSA) is 69.0 Å². The van der Waals surface area contributed by atoms with Gasteiger partial charge in [-0.3, -0.25) is 4.79 Å². The number of fused-ring (bicyclic) bond motifs is 1. The first-order valence-corrected chi connectivity index (χ1v) is 7.49. The Morgan fingerprint density at radius 1 is 1.44 bits per heavy atom. The fourth-order valence-corrected chi connectivity index (χ4v) is 2.56. The fraction of sp³-hybridized carbons (Fsp3) is 0.333. The van der Waals surface area contributed by atoms with Crippen LogP contribution in [0.4, 0.5) is 0 Å². The average molecular weight is 266 g/mol. The maximum Gasteiger partial charge on any atom is 0.152 e. The van der Waals surface area contributed by atoms with Gasteiger partial charge in [-0.25, -0.2) is 13.4 Å². The summed E-state index contributed by atoms with van der Waals surface area (Å²) in [4.78, 5) is 15.1. The van der Waals surface area contributed by atoms with Gasteiger partial charge in [-0.05, 0) is 12.1 Å². The van der Waals surface area contributed by atoms with Crippen molar-refractivity contribution in [3.8, 4) is 0 Å². The van der Waals surface area contributed by atoms with Crippen molar-refractivity contribution in [3.05, 3.63) is 30.1 Å². The van der Waals surface area contributed by atoms with Crippen molar-refractivity contribution < 1.29 is 13.2 Å². The summed E-state index contributed by atoms with van der Waals surface area (Å²) in [5, 5.41) is 0.751. The number of carbonyl (C=O) groups is 1. The molecule has 0 aliphatic carbocycles. The van der Waals surface area contributed by atoms with Crippen LogP contribution in [0.2, 0.25) is 0 Å². The lowest BCUT2D eigenvalue weighted by molar-refractivity contribution is 0.112. The van der Waals surface area contributed by atoms with Crippen molar-refractivity contribution in [2.75, 3.05) is 11.5 Å². The third-order valence-corrected chi connectivity index (χ3v) is 4.56. The summed E-state index contributed by atoms with van der Waals surface area (Å²) in [5.41, 5.74) is 1.18. The summed E-state index contributed by atoms with van der Waals surface area (Å²) in [6, 6.07) is 3.55. The highest BCUT2D eigenvalue weighted by Crippen LogP contribution is 2.17. The maximum absolute atomic E-state index is 11.5. The number of nitrogens with zero attached hydrogens (tertiary/aromatic N) is 2. The highest BCUT2D eigenvalue weighted by Gasteiger charge is 2.12. The number of rotatable bonds is 5. The van der Waals surface area contributed by atoms with Gasteiger partial charge in [0.05, 0.1) is 5.75 Å². The van der Waals surface area contributed by atoms with Crippen LogP contribution in [0.5, 0.6) is 0 Å². The predicted molar refractivity (Wildman–Crippen MR) is 69.4 cm³/mol. The van der Waals surface area contributed by atoms with Gasteiger partial charge < -0.3 is 4.57 Å². The summed E-state index contributed by atoms with van der Waals surface area (Å²) in [7, 11) is -3.02. The molecule has 0 radical (unpaired) electrons. The van der Waals surface area contributed by atoms with Gasteiger partial charge in [-0.15, -0.1) is 0 Å². The maximum atomic E-state index is 11.5. The van der Waals surface area contributed by atoms with Crippen LogP contribution >= 0.6 is 0 Å². The number of aldehydes is 1. The van der Waals surface area contributed by atoms with E-state index in [-0.39, 0.29) is 11.5 Å². The quantitative estimate of drug-likeness (QED) is 0.764. The van der Waals surface area contributed by atoms with Crippen LogP contribution in [0.3, 0.4) is 0 Å². The Balaban J connectivity index is 2.37. The third kappa shape index (κ3) is 2.43. The Morgan fingerprint density at radius 2 is 2.22 bits per heavy atom. The van der Waals surface area contributed by atoms with Crippen molar-refractivity contribution in [1.82, 2.24) is 9.55 Å². The van der Waals surface area contributed by atoms with Crippen LogP contribution in [0.15, 0.2) is 24.5 Å². The molecule has 0 spiro atoms. The number of hydrogen-bond acceptors (Lipinski definition) is 4. The molecule has 0 aliphatic heterocycles. The fourth-order valence-electron chi connectivity index (χ4n) is 1.80. The summed E-state index contributed by atoms with van der Waals surface area (Å²) in [6.45, 7) is 1.94. The van der Waals surface area contributed by atoms with Gasteiger partial charge in [0.25, 0.3) is 0 Å². The number of aryl methyl sites for hydroxylation is 1. The first kappa shape index (κ1) is 12.8. The lowest BCUT2D eigenvalue weighted by Gasteiger charge is -2.04. The Labute approximate surface area is 105 Å². The Morgan fingerprint density at radius 3 is 2.89 bits per heavy atom. The molecule has 0 N–H and O–H groups in total. The van der Waals surface area contributed by atoms with Gasteiger partial charge in [0.1, 0.15) is 5.65 Å². The molecule has 96 valence electrons. The first-order valence-electron chi connectivity index (χ1n) is 5.67. The summed E-state index contributed by atoms with van der Waals surface area (Å²) in [6.07, 6.45) is 4.03. The van der Waals surface area contributed by atoms with E-state index in [1.54, 1.807) is 36.0 Å². The second kappa shape index (κ2) is 4.89. The molecule has 0 unspecified atom stereocenters. The minimum Gasteiger partial charge on any atom is -0.331 e. The molecule has 0 bridgehead atoms. The third-order valence-electron chi connectivity index (χ3n) is 2.87. The van der Waals surface area contributed by atoms with Crippen LogP contribution in [0.25, 0.3) is 11.0 Å². The summed E-state index contributed by atoms with van der Waals surface area (Å²) in [5.74, 6) is 0.183. The second-order valence-corrected chi connectivity index (χ2v) is 6.48. The lowest BCUT2D eigenvalue weighted by atomic mass is 10.2. The number of carbonyl (C=O) groups excluding carboxylic acids is 1. The molecule has 2 aromatic heterocycles. The SMILES string of the molecule is CCS(=O)(=O)CCn1cc(C=O)c2cccnc21. The first-order chi connectivity index (χ1) is 8.57. The molecule has 5 nitrogen and oxygen atoms in total. The second-order valence-electron chi connectivity index (χ2n) is 4.01. The molecule has 0 amide bonds. The molecule has 0 atom stereocenters. The summed E-state index contributed by atoms with van der Waals surface area (Å²) >= 11 is 0. The number of aromatic nitrogens is 2. The molecule has 6 heteroatoms. The average Bonchev–Trinajstić information content (AvgIpc) is 2.75. The molecule has 2 heterocycles. The highest BCUT2D eigenvalue weighted by atomic mass is 32.2. The van der Waals surface area contributed by atoms with Crippen molar-refractivity contribution in [3.63, 3.8) is 0 Å². The van der Waals surface area contributed by atoms with Crippen molar-refractivity contribution in [1.29, 1.82) is 0 Å². The van der Waals surface area contributed by atoms with E-state index in [2.05, 4.69) is 4.98 Å². The molecule has 2 aromatic rings. The minimum atomic E-state index is -3.02. The van der Waals surface area contributed by atoms with Crippen LogP contribution < -0.4 is 0 Å². The molecule has 0 aromatic carbocycles. The molecule has 0 fully saturated rings. The van der Waals surface area contributed by atoms with Gasteiger partial charge in [0.2, 0.25) is 0 Å². The van der Waals surface area contributed by atoms with Gasteiger partial charge in [0, 0.05) is 35.6 Å².